The van der Waals surface area contributed by atoms with Crippen molar-refractivity contribution in [1.82, 2.24) is 19.9 Å². The molecule has 1 aliphatic carbocycles. The van der Waals surface area contributed by atoms with Gasteiger partial charge in [0.1, 0.15) is 0 Å². The van der Waals surface area contributed by atoms with E-state index in [0.717, 1.165) is 79.1 Å². The molecule has 3 aromatic rings. The zero-order chi connectivity index (χ0) is 31.3. The van der Waals surface area contributed by atoms with E-state index in [-0.39, 0.29) is 37.1 Å². The maximum Gasteiger partial charge on any atom is 0.305 e. The number of ether oxygens (including phenoxy) is 2. The number of rotatable bonds is 8. The molecule has 0 radical (unpaired) electrons. The van der Waals surface area contributed by atoms with Crippen molar-refractivity contribution < 1.29 is 19.4 Å². The number of fused-ring (bicyclic) bond motifs is 8. The Bertz CT molecular complexity index is 1860. The van der Waals surface area contributed by atoms with Gasteiger partial charge in [0.15, 0.2) is 0 Å². The van der Waals surface area contributed by atoms with Gasteiger partial charge in [0.25, 0.3) is 0 Å². The number of aromatic nitrogens is 4. The molecule has 3 atom stereocenters. The minimum Gasteiger partial charge on any atom is -0.469 e. The first-order valence-corrected chi connectivity index (χ1v) is 15.6. The van der Waals surface area contributed by atoms with Gasteiger partial charge in [-0.1, -0.05) is 26.5 Å². The van der Waals surface area contributed by atoms with Crippen LogP contribution in [-0.4, -0.2) is 57.4 Å². The van der Waals surface area contributed by atoms with E-state index in [2.05, 4.69) is 69.4 Å². The van der Waals surface area contributed by atoms with E-state index in [0.29, 0.717) is 19.3 Å². The highest BCUT2D eigenvalue weighted by Gasteiger charge is 2.40. The summed E-state index contributed by atoms with van der Waals surface area (Å²) in [5, 5.41) is 9.61. The Balaban J connectivity index is 1.72. The average Bonchev–Trinajstić information content (AvgIpc) is 3.77. The molecule has 0 saturated heterocycles. The number of allylic oxidation sites excluding steroid dienone is 1. The standard InChI is InChI=1S/C36H42N4O4/c1-8-22-18(3)26-15-28-20(5)24(10-11-33(42)43-7)35(39-28)25-14-32(44-13-12-41)34-21(6)29(40-36(25)34)17-31-23(9-2)19(4)27(38-31)16-30(22)37-26/h8,15-17,20,24,32,37-38,41H,1,9-14H2,2-7H3/t20-,24-,32?/m0/s1. The maximum atomic E-state index is 12.3. The number of esters is 1. The van der Waals surface area contributed by atoms with Crippen LogP contribution in [0.1, 0.15) is 96.0 Å². The molecular formula is C36H42N4O4. The molecule has 0 fully saturated rings. The lowest BCUT2D eigenvalue weighted by atomic mass is 9.85. The summed E-state index contributed by atoms with van der Waals surface area (Å²) in [7, 11) is 1.43. The van der Waals surface area contributed by atoms with Crippen LogP contribution in [0.3, 0.4) is 0 Å². The highest BCUT2D eigenvalue weighted by molar-refractivity contribution is 5.97. The Hall–Kier alpha value is -4.01. The highest BCUT2D eigenvalue weighted by Crippen LogP contribution is 2.48. The number of hydrogen-bond donors (Lipinski definition) is 3. The molecule has 0 saturated carbocycles. The zero-order valence-electron chi connectivity index (χ0n) is 26.6. The lowest BCUT2D eigenvalue weighted by Crippen LogP contribution is -2.15. The summed E-state index contributed by atoms with van der Waals surface area (Å²) in [6, 6.07) is 6.48. The molecule has 3 N–H and O–H groups in total. The molecule has 5 heterocycles. The number of nitrogens with one attached hydrogen (secondary N) is 2. The van der Waals surface area contributed by atoms with Gasteiger partial charge in [-0.05, 0) is 74.1 Å². The van der Waals surface area contributed by atoms with Crippen LogP contribution in [0.25, 0.3) is 39.3 Å². The quantitative estimate of drug-likeness (QED) is 0.246. The summed E-state index contributed by atoms with van der Waals surface area (Å²) < 4.78 is 11.2. The van der Waals surface area contributed by atoms with Crippen LogP contribution in [0.2, 0.25) is 0 Å². The number of aromatic amines is 2. The number of hydrogen-bond acceptors (Lipinski definition) is 6. The van der Waals surface area contributed by atoms with E-state index in [1.54, 1.807) is 0 Å². The topological polar surface area (TPSA) is 113 Å². The summed E-state index contributed by atoms with van der Waals surface area (Å²) in [5.74, 6) is -0.140. The Labute approximate surface area is 258 Å². The van der Waals surface area contributed by atoms with Crippen LogP contribution in [-0.2, 0) is 27.1 Å². The van der Waals surface area contributed by atoms with E-state index in [9.17, 15) is 9.90 Å². The summed E-state index contributed by atoms with van der Waals surface area (Å²) in [5.41, 5.74) is 15.7. The fourth-order valence-corrected chi connectivity index (χ4v) is 7.28. The van der Waals surface area contributed by atoms with Crippen LogP contribution in [0.5, 0.6) is 0 Å². The zero-order valence-corrected chi connectivity index (χ0v) is 26.6. The largest absolute Gasteiger partial charge is 0.469 e. The molecule has 6 rings (SSSR count). The minimum absolute atomic E-state index is 0.0139. The lowest BCUT2D eigenvalue weighted by molar-refractivity contribution is -0.140. The van der Waals surface area contributed by atoms with Gasteiger partial charge < -0.3 is 24.5 Å². The molecule has 0 spiro atoms. The van der Waals surface area contributed by atoms with Gasteiger partial charge in [-0.3, -0.25) is 9.78 Å². The predicted molar refractivity (Wildman–Crippen MR) is 175 cm³/mol. The molecule has 3 aromatic heterocycles. The molecule has 8 heteroatoms. The third-order valence-electron chi connectivity index (χ3n) is 9.79. The minimum atomic E-state index is -0.226. The number of aliphatic hydroxyl groups excluding tert-OH is 1. The van der Waals surface area contributed by atoms with Gasteiger partial charge in [0, 0.05) is 74.8 Å². The molecular weight excluding hydrogens is 552 g/mol. The first-order chi connectivity index (χ1) is 21.2. The fourth-order valence-electron chi connectivity index (χ4n) is 7.28. The van der Waals surface area contributed by atoms with Gasteiger partial charge in [0.05, 0.1) is 37.8 Å². The van der Waals surface area contributed by atoms with Crippen molar-refractivity contribution in [3.8, 4) is 0 Å². The second-order valence-corrected chi connectivity index (χ2v) is 12.1. The first kappa shape index (κ1) is 30.0. The highest BCUT2D eigenvalue weighted by atomic mass is 16.5. The summed E-state index contributed by atoms with van der Waals surface area (Å²) >= 11 is 0. The van der Waals surface area contributed by atoms with E-state index in [1.165, 1.54) is 18.2 Å². The molecule has 1 unspecified atom stereocenters. The number of aryl methyl sites for hydroxylation is 3. The predicted octanol–water partition coefficient (Wildman–Crippen LogP) is 6.84. The van der Waals surface area contributed by atoms with Crippen LogP contribution in [0, 0.1) is 13.8 Å². The van der Waals surface area contributed by atoms with Gasteiger partial charge in [-0.2, -0.15) is 0 Å². The lowest BCUT2D eigenvalue weighted by Gasteiger charge is -2.17. The van der Waals surface area contributed by atoms with Gasteiger partial charge in [0.2, 0.25) is 0 Å². The number of H-pyrrole nitrogens is 2. The van der Waals surface area contributed by atoms with Crippen molar-refractivity contribution in [2.45, 2.75) is 78.2 Å². The van der Waals surface area contributed by atoms with Gasteiger partial charge in [-0.25, -0.2) is 4.98 Å². The monoisotopic (exact) mass is 594 g/mol. The van der Waals surface area contributed by atoms with Crippen LogP contribution >= 0.6 is 0 Å². The van der Waals surface area contributed by atoms with Crippen LogP contribution < -0.4 is 0 Å². The van der Waals surface area contributed by atoms with Crippen molar-refractivity contribution in [3.05, 3.63) is 75.4 Å². The maximum absolute atomic E-state index is 12.3. The number of nitrogens with zero attached hydrogens (tertiary/aromatic N) is 2. The van der Waals surface area contributed by atoms with E-state index < -0.39 is 0 Å². The average molecular weight is 595 g/mol. The second kappa shape index (κ2) is 11.8. The second-order valence-electron chi connectivity index (χ2n) is 12.1. The van der Waals surface area contributed by atoms with Crippen molar-refractivity contribution >= 4 is 45.3 Å². The number of carbonyl (C=O) groups excluding carboxylic acids is 1. The van der Waals surface area contributed by atoms with E-state index >= 15 is 0 Å². The normalized spacial score (nSPS) is 19.1. The third-order valence-corrected chi connectivity index (χ3v) is 9.79. The Morgan fingerprint density at radius 3 is 2.55 bits per heavy atom. The third kappa shape index (κ3) is 4.90. The van der Waals surface area contributed by atoms with Crippen LogP contribution in [0.4, 0.5) is 0 Å². The van der Waals surface area contributed by atoms with Crippen molar-refractivity contribution in [3.63, 3.8) is 0 Å². The van der Waals surface area contributed by atoms with Gasteiger partial charge >= 0.3 is 5.97 Å². The molecule has 44 heavy (non-hydrogen) atoms. The number of aliphatic hydroxyl groups is 1. The molecule has 230 valence electrons. The number of methoxy groups -OCH3 is 1. The van der Waals surface area contributed by atoms with E-state index in [4.69, 9.17) is 19.4 Å². The molecule has 8 bridgehead atoms. The molecule has 3 aliphatic rings. The summed E-state index contributed by atoms with van der Waals surface area (Å²) in [6.07, 6.45) is 4.12. The Morgan fingerprint density at radius 2 is 1.84 bits per heavy atom. The fraction of sp³-hybridized carbons (Fsp3) is 0.417. The van der Waals surface area contributed by atoms with Crippen molar-refractivity contribution in [2.75, 3.05) is 20.3 Å². The molecule has 8 nitrogen and oxygen atoms in total. The van der Waals surface area contributed by atoms with Gasteiger partial charge in [-0.15, -0.1) is 0 Å². The van der Waals surface area contributed by atoms with Crippen molar-refractivity contribution in [1.29, 1.82) is 0 Å². The molecule has 0 aromatic carbocycles. The smallest absolute Gasteiger partial charge is 0.305 e. The molecule has 2 aliphatic heterocycles. The Morgan fingerprint density at radius 1 is 1.09 bits per heavy atom. The van der Waals surface area contributed by atoms with Crippen LogP contribution in [0.15, 0.2) is 24.8 Å². The number of carbonyl (C=O) groups is 1. The molecule has 0 amide bonds. The Kier molecular flexibility index (Phi) is 8.07. The van der Waals surface area contributed by atoms with E-state index in [1.807, 2.05) is 6.08 Å². The summed E-state index contributed by atoms with van der Waals surface area (Å²) in [4.78, 5) is 30.2. The summed E-state index contributed by atoms with van der Waals surface area (Å²) in [6.45, 7) is 15.1. The van der Waals surface area contributed by atoms with Crippen molar-refractivity contribution in [2.24, 2.45) is 0 Å². The SMILES string of the molecule is C=Cc1c(C)c2cc3nc(c4c5nc(cc6[nH]c(cc1[nH]2)c(C)c6CC)C(C)=C5C(OCCO)C4)[C@@H](CCC(=O)OC)[C@@H]3C. The first-order valence-electron chi connectivity index (χ1n) is 15.6.